The molecule has 1 saturated carbocycles. The van der Waals surface area contributed by atoms with Crippen LogP contribution >= 0.6 is 27.7 Å². The number of fused-ring (bicyclic) bond motifs is 1. The molecule has 1 N–H and O–H groups in total. The standard InChI is InChI=1S/C22H31BrFN3O4SSi/c1-21(15-11-14(23)7-8-16(15)24)17-12-22(17,18(28)26(2)3)32-19(25-21)27(20(29)30)13-31-9-10-33(4,5)6/h7-8,11,17H,9-10,12-13H2,1-6H3,(H,29,30)/t17-,21+,22-/m0/s1. The largest absolute Gasteiger partial charge is 0.465 e. The smallest absolute Gasteiger partial charge is 0.415 e. The fourth-order valence-electron chi connectivity index (χ4n) is 4.11. The van der Waals surface area contributed by atoms with Gasteiger partial charge >= 0.3 is 6.09 Å². The molecule has 182 valence electrons. The summed E-state index contributed by atoms with van der Waals surface area (Å²) in [5, 5.41) is 10.1. The van der Waals surface area contributed by atoms with Crippen molar-refractivity contribution < 1.29 is 23.8 Å². The van der Waals surface area contributed by atoms with Crippen LogP contribution in [0.5, 0.6) is 0 Å². The van der Waals surface area contributed by atoms with Crippen molar-refractivity contribution in [3.05, 3.63) is 34.1 Å². The highest BCUT2D eigenvalue weighted by molar-refractivity contribution is 9.10. The first-order valence-corrected chi connectivity index (χ1v) is 16.1. The summed E-state index contributed by atoms with van der Waals surface area (Å²) in [6, 6.07) is 5.51. The molecule has 1 aromatic rings. The van der Waals surface area contributed by atoms with Crippen molar-refractivity contribution in [3.8, 4) is 0 Å². The lowest BCUT2D eigenvalue weighted by Crippen LogP contribution is -2.47. The lowest BCUT2D eigenvalue weighted by molar-refractivity contribution is -0.129. The molecule has 0 bridgehead atoms. The van der Waals surface area contributed by atoms with E-state index in [1.165, 1.54) is 11.0 Å². The van der Waals surface area contributed by atoms with Crippen LogP contribution in [0.1, 0.15) is 18.9 Å². The van der Waals surface area contributed by atoms with Crippen molar-refractivity contribution in [2.45, 2.75) is 49.3 Å². The van der Waals surface area contributed by atoms with Crippen LogP contribution < -0.4 is 0 Å². The third-order valence-electron chi connectivity index (χ3n) is 6.11. The molecule has 1 aromatic carbocycles. The lowest BCUT2D eigenvalue weighted by atomic mass is 9.85. The second-order valence-corrected chi connectivity index (χ2v) is 18.0. The number of hydrogen-bond donors (Lipinski definition) is 1. The summed E-state index contributed by atoms with van der Waals surface area (Å²) in [7, 11) is 2.00. The highest BCUT2D eigenvalue weighted by atomic mass is 79.9. The number of amides is 2. The summed E-state index contributed by atoms with van der Waals surface area (Å²) in [5.41, 5.74) is -0.773. The molecule has 0 unspecified atom stereocenters. The van der Waals surface area contributed by atoms with Crippen molar-refractivity contribution in [3.63, 3.8) is 0 Å². The molecule has 7 nitrogen and oxygen atoms in total. The number of hydrogen-bond acceptors (Lipinski definition) is 5. The average Bonchev–Trinajstić information content (AvgIpc) is 3.44. The zero-order valence-corrected chi connectivity index (χ0v) is 23.2. The Morgan fingerprint density at radius 1 is 1.36 bits per heavy atom. The van der Waals surface area contributed by atoms with Gasteiger partial charge < -0.3 is 14.7 Å². The van der Waals surface area contributed by atoms with Gasteiger partial charge in [0, 0.05) is 44.7 Å². The second-order valence-electron chi connectivity index (χ2n) is 10.2. The molecule has 0 spiro atoms. The van der Waals surface area contributed by atoms with Gasteiger partial charge in [-0.2, -0.15) is 0 Å². The van der Waals surface area contributed by atoms with Gasteiger partial charge in [-0.05, 0) is 37.6 Å². The van der Waals surface area contributed by atoms with E-state index in [0.29, 0.717) is 23.1 Å². The van der Waals surface area contributed by atoms with Gasteiger partial charge in [-0.3, -0.25) is 9.79 Å². The molecule has 0 radical (unpaired) electrons. The molecule has 11 heteroatoms. The summed E-state index contributed by atoms with van der Waals surface area (Å²) < 4.78 is 20.5. The number of amidine groups is 1. The van der Waals surface area contributed by atoms with E-state index in [-0.39, 0.29) is 23.7 Å². The van der Waals surface area contributed by atoms with Crippen LogP contribution in [0, 0.1) is 11.7 Å². The summed E-state index contributed by atoms with van der Waals surface area (Å²) in [6.45, 7) is 8.68. The number of carbonyl (C=O) groups is 2. The summed E-state index contributed by atoms with van der Waals surface area (Å²) in [4.78, 5) is 32.7. The minimum Gasteiger partial charge on any atom is -0.465 e. The van der Waals surface area contributed by atoms with Gasteiger partial charge in [0.15, 0.2) is 5.17 Å². The van der Waals surface area contributed by atoms with E-state index in [4.69, 9.17) is 9.73 Å². The van der Waals surface area contributed by atoms with Gasteiger partial charge in [0.1, 0.15) is 17.3 Å². The van der Waals surface area contributed by atoms with Crippen LogP contribution in [0.15, 0.2) is 27.7 Å². The fourth-order valence-corrected chi connectivity index (χ4v) is 6.92. The Morgan fingerprint density at radius 3 is 2.61 bits per heavy atom. The number of benzene rings is 1. The third kappa shape index (κ3) is 5.31. The predicted molar refractivity (Wildman–Crippen MR) is 135 cm³/mol. The molecule has 0 saturated heterocycles. The minimum atomic E-state index is -1.34. The predicted octanol–water partition coefficient (Wildman–Crippen LogP) is 5.05. The maximum Gasteiger partial charge on any atom is 0.415 e. The Balaban J connectivity index is 2.00. The van der Waals surface area contributed by atoms with Gasteiger partial charge in [0.2, 0.25) is 5.91 Å². The van der Waals surface area contributed by atoms with Gasteiger partial charge in [-0.15, -0.1) is 0 Å². The van der Waals surface area contributed by atoms with Crippen molar-refractivity contribution in [2.24, 2.45) is 10.9 Å². The third-order valence-corrected chi connectivity index (χ3v) is 9.79. The van der Waals surface area contributed by atoms with E-state index < -0.39 is 30.3 Å². The molecule has 2 aliphatic rings. The second kappa shape index (κ2) is 9.31. The number of nitrogens with zero attached hydrogens (tertiary/aromatic N) is 3. The number of aliphatic imine (C=N–C) groups is 1. The minimum absolute atomic E-state index is 0.128. The first-order chi connectivity index (χ1) is 15.2. The van der Waals surface area contributed by atoms with E-state index in [9.17, 15) is 19.1 Å². The van der Waals surface area contributed by atoms with E-state index >= 15 is 0 Å². The Kier molecular flexibility index (Phi) is 7.39. The van der Waals surface area contributed by atoms with E-state index in [0.717, 1.165) is 22.7 Å². The quantitative estimate of drug-likeness (QED) is 0.287. The Labute approximate surface area is 207 Å². The van der Waals surface area contributed by atoms with Crippen LogP contribution in [0.3, 0.4) is 0 Å². The molecular formula is C22H31BrFN3O4SSi. The van der Waals surface area contributed by atoms with Crippen molar-refractivity contribution in [1.29, 1.82) is 0 Å². The maximum absolute atomic E-state index is 15.0. The summed E-state index contributed by atoms with van der Waals surface area (Å²) >= 11 is 4.54. The Bertz CT molecular complexity index is 989. The van der Waals surface area contributed by atoms with Crippen LogP contribution in [0.4, 0.5) is 9.18 Å². The number of carboxylic acid groups (broad SMARTS) is 1. The molecule has 3 atom stereocenters. The van der Waals surface area contributed by atoms with Crippen molar-refractivity contribution in [2.75, 3.05) is 27.4 Å². The number of ether oxygens (including phenoxy) is 1. The lowest BCUT2D eigenvalue weighted by Gasteiger charge is -2.37. The molecule has 0 aromatic heterocycles. The zero-order valence-electron chi connectivity index (χ0n) is 19.8. The number of rotatable bonds is 7. The fraction of sp³-hybridized carbons (Fsp3) is 0.591. The summed E-state index contributed by atoms with van der Waals surface area (Å²) in [6.07, 6.45) is -0.744. The molecule has 33 heavy (non-hydrogen) atoms. The molecular weight excluding hydrogens is 529 g/mol. The summed E-state index contributed by atoms with van der Waals surface area (Å²) in [5.74, 6) is -0.834. The SMILES string of the molecule is CN(C)C(=O)[C@]12C[C@H]1[C@@](C)(c1cc(Br)ccc1F)N=C(N(COCC[Si](C)(C)C)C(=O)O)S2. The molecule has 1 heterocycles. The van der Waals surface area contributed by atoms with Crippen LogP contribution in [0.25, 0.3) is 0 Å². The molecule has 3 rings (SSSR count). The monoisotopic (exact) mass is 559 g/mol. The molecule has 1 aliphatic carbocycles. The highest BCUT2D eigenvalue weighted by Crippen LogP contribution is 2.67. The number of thioether (sulfide) groups is 1. The topological polar surface area (TPSA) is 82.4 Å². The van der Waals surface area contributed by atoms with Gasteiger partial charge in [-0.1, -0.05) is 47.3 Å². The average molecular weight is 561 g/mol. The van der Waals surface area contributed by atoms with E-state index in [2.05, 4.69) is 35.6 Å². The van der Waals surface area contributed by atoms with Gasteiger partial charge in [-0.25, -0.2) is 14.1 Å². The molecule has 1 fully saturated rings. The first kappa shape index (κ1) is 26.2. The van der Waals surface area contributed by atoms with E-state index in [1.807, 2.05) is 0 Å². The Hall–Kier alpha value is -1.43. The van der Waals surface area contributed by atoms with Gasteiger partial charge in [0.05, 0.1) is 5.54 Å². The molecule has 2 amide bonds. The Morgan fingerprint density at radius 2 is 2.03 bits per heavy atom. The van der Waals surface area contributed by atoms with Crippen LogP contribution in [0.2, 0.25) is 25.7 Å². The van der Waals surface area contributed by atoms with E-state index in [1.54, 1.807) is 33.2 Å². The number of halogens is 2. The zero-order chi connectivity index (χ0) is 24.8. The van der Waals surface area contributed by atoms with Gasteiger partial charge in [0.25, 0.3) is 0 Å². The van der Waals surface area contributed by atoms with Crippen molar-refractivity contribution >= 4 is 52.9 Å². The van der Waals surface area contributed by atoms with Crippen molar-refractivity contribution in [1.82, 2.24) is 9.80 Å². The maximum atomic E-state index is 15.0. The highest BCUT2D eigenvalue weighted by Gasteiger charge is 2.71. The first-order valence-electron chi connectivity index (χ1n) is 10.8. The van der Waals surface area contributed by atoms with Crippen LogP contribution in [-0.4, -0.2) is 72.3 Å². The number of carbonyl (C=O) groups excluding carboxylic acids is 1. The van der Waals surface area contributed by atoms with Crippen LogP contribution in [-0.2, 0) is 15.1 Å². The normalized spacial score (nSPS) is 26.3. The molecule has 1 aliphatic heterocycles.